The number of halogens is 1. The summed E-state index contributed by atoms with van der Waals surface area (Å²) in [5, 5.41) is 2.66. The summed E-state index contributed by atoms with van der Waals surface area (Å²) in [5.41, 5.74) is 1.54. The Labute approximate surface area is 175 Å². The molecule has 162 valence electrons. The molecule has 1 atom stereocenters. The van der Waals surface area contributed by atoms with Crippen LogP contribution in [0.25, 0.3) is 0 Å². The number of aryl methyl sites for hydroxylation is 1. The van der Waals surface area contributed by atoms with Crippen molar-refractivity contribution in [2.45, 2.75) is 38.1 Å². The van der Waals surface area contributed by atoms with Gasteiger partial charge in [-0.15, -0.1) is 0 Å². The van der Waals surface area contributed by atoms with E-state index in [0.717, 1.165) is 17.7 Å². The molecular formula is C21H25FN2O5S. The molecule has 2 rings (SSSR count). The molecule has 7 nitrogen and oxygen atoms in total. The second-order valence-corrected chi connectivity index (χ2v) is 8.62. The summed E-state index contributed by atoms with van der Waals surface area (Å²) >= 11 is 0. The highest BCUT2D eigenvalue weighted by molar-refractivity contribution is 7.89. The maximum atomic E-state index is 13.9. The van der Waals surface area contributed by atoms with Gasteiger partial charge in [-0.3, -0.25) is 9.59 Å². The number of rotatable bonds is 9. The standard InChI is InChI=1S/C21H25FN2O5S/c1-4-15-9-5-7-11-17(15)23-19(25)13-29-21(26)20(14(2)3)24-30(27,28)18-12-8-6-10-16(18)22/h5-12,14,20,24H,4,13H2,1-3H3,(H,23,25). The first-order valence-electron chi connectivity index (χ1n) is 9.47. The second kappa shape index (κ2) is 10.3. The van der Waals surface area contributed by atoms with Crippen molar-refractivity contribution in [3.8, 4) is 0 Å². The lowest BCUT2D eigenvalue weighted by Gasteiger charge is -2.21. The number of carbonyl (C=O) groups is 2. The fourth-order valence-corrected chi connectivity index (χ4v) is 4.13. The van der Waals surface area contributed by atoms with Crippen LogP contribution >= 0.6 is 0 Å². The van der Waals surface area contributed by atoms with Gasteiger partial charge in [-0.05, 0) is 36.1 Å². The minimum atomic E-state index is -4.30. The van der Waals surface area contributed by atoms with Gasteiger partial charge < -0.3 is 10.1 Å². The molecule has 0 radical (unpaired) electrons. The molecule has 0 aromatic heterocycles. The number of carbonyl (C=O) groups excluding carboxylic acids is 2. The number of hydrogen-bond acceptors (Lipinski definition) is 5. The molecule has 2 aromatic carbocycles. The number of benzene rings is 2. The summed E-state index contributed by atoms with van der Waals surface area (Å²) in [5.74, 6) is -2.91. The highest BCUT2D eigenvalue weighted by atomic mass is 32.2. The van der Waals surface area contributed by atoms with Crippen LogP contribution in [0, 0.1) is 11.7 Å². The average molecular weight is 437 g/mol. The summed E-state index contributed by atoms with van der Waals surface area (Å²) < 4.78 is 46.0. The summed E-state index contributed by atoms with van der Waals surface area (Å²) in [6.07, 6.45) is 0.712. The molecule has 2 aromatic rings. The molecule has 0 bridgehead atoms. The maximum absolute atomic E-state index is 13.9. The highest BCUT2D eigenvalue weighted by Crippen LogP contribution is 2.17. The van der Waals surface area contributed by atoms with E-state index in [-0.39, 0.29) is 0 Å². The lowest BCUT2D eigenvalue weighted by molar-refractivity contribution is -0.150. The van der Waals surface area contributed by atoms with Crippen molar-refractivity contribution in [3.63, 3.8) is 0 Å². The van der Waals surface area contributed by atoms with Crippen LogP contribution in [-0.4, -0.2) is 32.9 Å². The van der Waals surface area contributed by atoms with Crippen LogP contribution in [0.4, 0.5) is 10.1 Å². The minimum absolute atomic E-state index is 0.497. The Bertz CT molecular complexity index is 1010. The van der Waals surface area contributed by atoms with Gasteiger partial charge in [0.05, 0.1) is 0 Å². The van der Waals surface area contributed by atoms with Crippen LogP contribution < -0.4 is 10.0 Å². The fourth-order valence-electron chi connectivity index (χ4n) is 2.71. The van der Waals surface area contributed by atoms with Crippen molar-refractivity contribution in [2.24, 2.45) is 5.92 Å². The molecule has 0 aliphatic carbocycles. The van der Waals surface area contributed by atoms with Crippen molar-refractivity contribution in [3.05, 3.63) is 59.9 Å². The smallest absolute Gasteiger partial charge is 0.324 e. The molecule has 1 amide bonds. The molecule has 0 aliphatic rings. The zero-order valence-corrected chi connectivity index (χ0v) is 17.8. The lowest BCUT2D eigenvalue weighted by atomic mass is 10.1. The van der Waals surface area contributed by atoms with Crippen molar-refractivity contribution < 1.29 is 27.1 Å². The third-order valence-electron chi connectivity index (χ3n) is 4.35. The summed E-state index contributed by atoms with van der Waals surface area (Å²) in [6.45, 7) is 4.57. The van der Waals surface area contributed by atoms with Crippen LogP contribution in [0.5, 0.6) is 0 Å². The fraction of sp³-hybridized carbons (Fsp3) is 0.333. The van der Waals surface area contributed by atoms with Crippen molar-refractivity contribution >= 4 is 27.6 Å². The van der Waals surface area contributed by atoms with Gasteiger partial charge in [-0.1, -0.05) is 51.1 Å². The van der Waals surface area contributed by atoms with Crippen LogP contribution in [0.3, 0.4) is 0 Å². The van der Waals surface area contributed by atoms with Gasteiger partial charge in [0.2, 0.25) is 10.0 Å². The number of nitrogens with one attached hydrogen (secondary N) is 2. The van der Waals surface area contributed by atoms with Crippen LogP contribution in [0.15, 0.2) is 53.4 Å². The van der Waals surface area contributed by atoms with E-state index in [4.69, 9.17) is 4.74 Å². The molecule has 0 saturated carbocycles. The van der Waals surface area contributed by atoms with Gasteiger partial charge in [0.15, 0.2) is 6.61 Å². The molecule has 2 N–H and O–H groups in total. The van der Waals surface area contributed by atoms with Crippen LogP contribution in [0.1, 0.15) is 26.3 Å². The van der Waals surface area contributed by atoms with E-state index in [1.807, 2.05) is 19.1 Å². The van der Waals surface area contributed by atoms with Gasteiger partial charge in [-0.25, -0.2) is 12.8 Å². The quantitative estimate of drug-likeness (QED) is 0.589. The molecule has 0 saturated heterocycles. The molecular weight excluding hydrogens is 411 g/mol. The maximum Gasteiger partial charge on any atom is 0.324 e. The zero-order valence-electron chi connectivity index (χ0n) is 17.0. The number of esters is 1. The van der Waals surface area contributed by atoms with E-state index >= 15 is 0 Å². The number of ether oxygens (including phenoxy) is 1. The normalized spacial score (nSPS) is 12.4. The van der Waals surface area contributed by atoms with Crippen molar-refractivity contribution in [2.75, 3.05) is 11.9 Å². The van der Waals surface area contributed by atoms with E-state index in [1.54, 1.807) is 26.0 Å². The number of sulfonamides is 1. The Morgan fingerprint density at radius 2 is 1.70 bits per heavy atom. The minimum Gasteiger partial charge on any atom is -0.454 e. The number of hydrogen-bond donors (Lipinski definition) is 2. The first-order chi connectivity index (χ1) is 14.2. The molecule has 0 spiro atoms. The van der Waals surface area contributed by atoms with Crippen LogP contribution in [0.2, 0.25) is 0 Å². The third kappa shape index (κ3) is 6.11. The summed E-state index contributed by atoms with van der Waals surface area (Å²) in [7, 11) is -4.30. The first-order valence-corrected chi connectivity index (χ1v) is 10.9. The van der Waals surface area contributed by atoms with Crippen LogP contribution in [-0.2, 0) is 30.8 Å². The van der Waals surface area contributed by atoms with Crippen molar-refractivity contribution in [1.82, 2.24) is 4.72 Å². The van der Waals surface area contributed by atoms with E-state index in [2.05, 4.69) is 10.0 Å². The Hall–Kier alpha value is -2.78. The molecule has 1 unspecified atom stereocenters. The molecule has 0 fully saturated rings. The lowest BCUT2D eigenvalue weighted by Crippen LogP contribution is -2.46. The number of anilines is 1. The molecule has 0 heterocycles. The molecule has 9 heteroatoms. The predicted molar refractivity (Wildman–Crippen MR) is 111 cm³/mol. The Morgan fingerprint density at radius 3 is 2.33 bits per heavy atom. The zero-order chi connectivity index (χ0) is 22.3. The number of para-hydroxylation sites is 1. The van der Waals surface area contributed by atoms with Gasteiger partial charge in [-0.2, -0.15) is 4.72 Å². The van der Waals surface area contributed by atoms with E-state index in [1.165, 1.54) is 12.1 Å². The highest BCUT2D eigenvalue weighted by Gasteiger charge is 2.31. The van der Waals surface area contributed by atoms with Gasteiger partial charge >= 0.3 is 5.97 Å². The number of amides is 1. The first kappa shape index (κ1) is 23.5. The molecule has 0 aliphatic heterocycles. The molecule has 30 heavy (non-hydrogen) atoms. The van der Waals surface area contributed by atoms with Crippen molar-refractivity contribution in [1.29, 1.82) is 0 Å². The topological polar surface area (TPSA) is 102 Å². The monoisotopic (exact) mass is 436 g/mol. The predicted octanol–water partition coefficient (Wildman–Crippen LogP) is 2.87. The third-order valence-corrected chi connectivity index (χ3v) is 5.82. The Balaban J connectivity index is 2.04. The summed E-state index contributed by atoms with van der Waals surface area (Å²) in [4.78, 5) is 24.0. The van der Waals surface area contributed by atoms with E-state index < -0.39 is 51.2 Å². The van der Waals surface area contributed by atoms with E-state index in [0.29, 0.717) is 12.1 Å². The Morgan fingerprint density at radius 1 is 1.07 bits per heavy atom. The largest absolute Gasteiger partial charge is 0.454 e. The van der Waals surface area contributed by atoms with Gasteiger partial charge in [0.1, 0.15) is 16.8 Å². The Kier molecular flexibility index (Phi) is 8.08. The summed E-state index contributed by atoms with van der Waals surface area (Å²) in [6, 6.07) is 10.8. The average Bonchev–Trinajstić information content (AvgIpc) is 2.70. The second-order valence-electron chi connectivity index (χ2n) is 6.94. The van der Waals surface area contributed by atoms with Gasteiger partial charge in [0, 0.05) is 5.69 Å². The van der Waals surface area contributed by atoms with E-state index in [9.17, 15) is 22.4 Å². The van der Waals surface area contributed by atoms with Gasteiger partial charge in [0.25, 0.3) is 5.91 Å². The SMILES string of the molecule is CCc1ccccc1NC(=O)COC(=O)C(NS(=O)(=O)c1ccccc1F)C(C)C.